The second-order valence-electron chi connectivity index (χ2n) is 5.05. The van der Waals surface area contributed by atoms with E-state index in [4.69, 9.17) is 4.18 Å². The van der Waals surface area contributed by atoms with Crippen molar-refractivity contribution in [3.8, 4) is 5.75 Å². The Morgan fingerprint density at radius 3 is 2.42 bits per heavy atom. The van der Waals surface area contributed by atoms with Crippen LogP contribution in [-0.2, 0) is 14.9 Å². The molecule has 3 rings (SSSR count). The van der Waals surface area contributed by atoms with Gasteiger partial charge in [0.2, 0.25) is 5.91 Å². The minimum Gasteiger partial charge on any atom is -0.379 e. The lowest BCUT2D eigenvalue weighted by atomic mass is 10.2. The van der Waals surface area contributed by atoms with Crippen LogP contribution in [0, 0.1) is 5.82 Å². The highest BCUT2D eigenvalue weighted by Gasteiger charge is 2.17. The van der Waals surface area contributed by atoms with Gasteiger partial charge < -0.3 is 9.50 Å². The van der Waals surface area contributed by atoms with Crippen molar-refractivity contribution >= 4 is 39.2 Å². The van der Waals surface area contributed by atoms with Gasteiger partial charge in [-0.05, 0) is 54.1 Å². The monoisotopic (exact) mass is 393 g/mol. The number of amides is 1. The van der Waals surface area contributed by atoms with E-state index in [9.17, 15) is 17.6 Å². The number of rotatable bonds is 5. The van der Waals surface area contributed by atoms with Crippen LogP contribution < -0.4 is 9.50 Å². The number of thioether (sulfide) groups is 1. The zero-order valence-corrected chi connectivity index (χ0v) is 14.8. The first-order valence-electron chi connectivity index (χ1n) is 7.26. The molecule has 1 N–H and O–H groups in total. The average Bonchev–Trinajstić information content (AvgIpc) is 3.02. The molecule has 0 aliphatic carbocycles. The van der Waals surface area contributed by atoms with Gasteiger partial charge in [-0.2, -0.15) is 13.5 Å². The molecule has 1 aliphatic rings. The van der Waals surface area contributed by atoms with E-state index in [1.165, 1.54) is 30.1 Å². The Labute approximate surface area is 153 Å². The smallest absolute Gasteiger partial charge is 0.339 e. The molecule has 0 aromatic heterocycles. The summed E-state index contributed by atoms with van der Waals surface area (Å²) in [5.41, 5.74) is 0.662. The van der Waals surface area contributed by atoms with Crippen LogP contribution in [0.25, 0.3) is 0 Å². The first-order chi connectivity index (χ1) is 12.4. The van der Waals surface area contributed by atoms with E-state index >= 15 is 0 Å². The highest BCUT2D eigenvalue weighted by atomic mass is 32.2. The van der Waals surface area contributed by atoms with Crippen LogP contribution in [0.4, 0.5) is 4.39 Å². The Bertz CT molecular complexity index is 972. The van der Waals surface area contributed by atoms with Crippen LogP contribution in [-0.4, -0.2) is 31.5 Å². The van der Waals surface area contributed by atoms with E-state index in [1.54, 1.807) is 12.1 Å². The molecule has 0 saturated carbocycles. The molecule has 2 aromatic rings. The van der Waals surface area contributed by atoms with Crippen molar-refractivity contribution in [1.29, 1.82) is 0 Å². The predicted molar refractivity (Wildman–Crippen MR) is 96.3 cm³/mol. The third kappa shape index (κ3) is 4.67. The fourth-order valence-corrected chi connectivity index (χ4v) is 3.47. The van der Waals surface area contributed by atoms with Crippen molar-refractivity contribution in [3.05, 3.63) is 59.9 Å². The van der Waals surface area contributed by atoms with Crippen LogP contribution >= 0.6 is 11.8 Å². The second-order valence-corrected chi connectivity index (χ2v) is 7.56. The lowest BCUT2D eigenvalue weighted by Crippen LogP contribution is -2.19. The fourth-order valence-electron chi connectivity index (χ4n) is 1.91. The Morgan fingerprint density at radius 1 is 1.12 bits per heavy atom. The minimum atomic E-state index is -4.04. The minimum absolute atomic E-state index is 0.108. The van der Waals surface area contributed by atoms with Crippen molar-refractivity contribution in [1.82, 2.24) is 5.32 Å². The van der Waals surface area contributed by atoms with Gasteiger partial charge in [-0.15, -0.1) is 5.10 Å². The van der Waals surface area contributed by atoms with Crippen LogP contribution in [0.3, 0.4) is 0 Å². The van der Waals surface area contributed by atoms with E-state index in [-0.39, 0.29) is 16.6 Å². The Morgan fingerprint density at radius 2 is 1.81 bits per heavy atom. The highest BCUT2D eigenvalue weighted by molar-refractivity contribution is 8.15. The van der Waals surface area contributed by atoms with Gasteiger partial charge >= 0.3 is 10.1 Å². The maximum absolute atomic E-state index is 12.9. The van der Waals surface area contributed by atoms with Gasteiger partial charge in [0.05, 0.1) is 12.0 Å². The number of nitrogens with zero attached hydrogens (tertiary/aromatic N) is 2. The summed E-state index contributed by atoms with van der Waals surface area (Å²) < 4.78 is 42.1. The Hall–Kier alpha value is -2.72. The zero-order chi connectivity index (χ0) is 18.6. The molecule has 1 amide bonds. The van der Waals surface area contributed by atoms with Crippen molar-refractivity contribution < 1.29 is 21.8 Å². The maximum Gasteiger partial charge on any atom is 0.339 e. The van der Waals surface area contributed by atoms with Gasteiger partial charge in [-0.25, -0.2) is 4.39 Å². The third-order valence-electron chi connectivity index (χ3n) is 3.13. The standard InChI is InChI=1S/C16H12FN3O4S2/c17-12-3-7-14(8-4-12)26(22,23)24-13-5-1-11(2-6-13)9-18-20-16-19-15(21)10-25-16/h1-9H,10H2,(H,19,20,21). The number of halogens is 1. The molecule has 1 heterocycles. The molecule has 10 heteroatoms. The summed E-state index contributed by atoms with van der Waals surface area (Å²) in [6.45, 7) is 0. The molecule has 0 bridgehead atoms. The number of carbonyl (C=O) groups is 1. The number of benzene rings is 2. The molecule has 7 nitrogen and oxygen atoms in total. The topological polar surface area (TPSA) is 97.2 Å². The molecule has 134 valence electrons. The van der Waals surface area contributed by atoms with Crippen LogP contribution in [0.2, 0.25) is 0 Å². The van der Waals surface area contributed by atoms with Gasteiger partial charge in [0, 0.05) is 0 Å². The number of carbonyl (C=O) groups excluding carboxylic acids is 1. The van der Waals surface area contributed by atoms with Crippen LogP contribution in [0.5, 0.6) is 5.75 Å². The van der Waals surface area contributed by atoms with E-state index in [0.29, 0.717) is 16.5 Å². The zero-order valence-electron chi connectivity index (χ0n) is 13.1. The molecule has 1 fully saturated rings. The summed E-state index contributed by atoms with van der Waals surface area (Å²) >= 11 is 1.26. The molecule has 0 spiro atoms. The van der Waals surface area contributed by atoms with Crippen LogP contribution in [0.1, 0.15) is 5.56 Å². The molecule has 0 atom stereocenters. The molecule has 0 radical (unpaired) electrons. The number of hydrogen-bond donors (Lipinski definition) is 1. The molecule has 0 unspecified atom stereocenters. The van der Waals surface area contributed by atoms with Gasteiger partial charge in [0.15, 0.2) is 5.17 Å². The van der Waals surface area contributed by atoms with Crippen molar-refractivity contribution in [2.45, 2.75) is 4.90 Å². The number of nitrogens with one attached hydrogen (secondary N) is 1. The largest absolute Gasteiger partial charge is 0.379 e. The quantitative estimate of drug-likeness (QED) is 0.477. The van der Waals surface area contributed by atoms with E-state index in [1.807, 2.05) is 0 Å². The molecule has 1 aliphatic heterocycles. The van der Waals surface area contributed by atoms with Gasteiger partial charge in [0.1, 0.15) is 16.5 Å². The van der Waals surface area contributed by atoms with E-state index < -0.39 is 15.9 Å². The summed E-state index contributed by atoms with van der Waals surface area (Å²) in [6.07, 6.45) is 1.45. The first-order valence-corrected chi connectivity index (χ1v) is 9.65. The van der Waals surface area contributed by atoms with E-state index in [0.717, 1.165) is 24.3 Å². The normalized spacial score (nSPS) is 16.2. The van der Waals surface area contributed by atoms with Crippen molar-refractivity contribution in [2.75, 3.05) is 5.75 Å². The van der Waals surface area contributed by atoms with Gasteiger partial charge in [-0.1, -0.05) is 11.8 Å². The summed E-state index contributed by atoms with van der Waals surface area (Å²) in [4.78, 5) is 10.9. The summed E-state index contributed by atoms with van der Waals surface area (Å²) in [5.74, 6) is -0.223. The summed E-state index contributed by atoms with van der Waals surface area (Å²) in [7, 11) is -4.04. The van der Waals surface area contributed by atoms with Crippen LogP contribution in [0.15, 0.2) is 63.6 Å². The Balaban J connectivity index is 1.66. The third-order valence-corrected chi connectivity index (χ3v) is 5.26. The molecule has 1 saturated heterocycles. The average molecular weight is 393 g/mol. The highest BCUT2D eigenvalue weighted by Crippen LogP contribution is 2.19. The van der Waals surface area contributed by atoms with Crippen molar-refractivity contribution in [2.24, 2.45) is 10.2 Å². The lowest BCUT2D eigenvalue weighted by molar-refractivity contribution is -0.116. The number of amidine groups is 1. The molecular weight excluding hydrogens is 381 g/mol. The maximum atomic E-state index is 12.9. The second kappa shape index (κ2) is 7.67. The molecule has 26 heavy (non-hydrogen) atoms. The Kier molecular flexibility index (Phi) is 5.33. The lowest BCUT2D eigenvalue weighted by Gasteiger charge is -2.07. The SMILES string of the molecule is O=C1CSC(=NN=Cc2ccc(OS(=O)(=O)c3ccc(F)cc3)cc2)N1. The first kappa shape index (κ1) is 18.1. The molecular formula is C16H12FN3O4S2. The van der Waals surface area contributed by atoms with E-state index in [2.05, 4.69) is 15.5 Å². The predicted octanol–water partition coefficient (Wildman–Crippen LogP) is 2.15. The summed E-state index contributed by atoms with van der Waals surface area (Å²) in [5, 5.41) is 10.7. The molecule has 2 aromatic carbocycles. The fraction of sp³-hybridized carbons (Fsp3) is 0.0625. The number of hydrogen-bond acceptors (Lipinski definition) is 7. The summed E-state index contributed by atoms with van der Waals surface area (Å²) in [6, 6.07) is 10.5. The van der Waals surface area contributed by atoms with Crippen molar-refractivity contribution in [3.63, 3.8) is 0 Å². The van der Waals surface area contributed by atoms with Gasteiger partial charge in [-0.3, -0.25) is 4.79 Å². The van der Waals surface area contributed by atoms with Gasteiger partial charge in [0.25, 0.3) is 0 Å².